The lowest BCUT2D eigenvalue weighted by atomic mass is 10.1. The van der Waals surface area contributed by atoms with E-state index in [-0.39, 0.29) is 0 Å². The van der Waals surface area contributed by atoms with E-state index in [2.05, 4.69) is 0 Å². The number of aliphatic hydroxyl groups is 4. The molecule has 0 aliphatic rings. The molecule has 0 saturated heterocycles. The number of benzene rings is 2. The molecule has 0 aliphatic heterocycles. The monoisotopic (exact) mass is 400 g/mol. The van der Waals surface area contributed by atoms with Crippen LogP contribution >= 0.6 is 12.2 Å². The van der Waals surface area contributed by atoms with Crippen molar-refractivity contribution in [2.75, 3.05) is 6.61 Å². The van der Waals surface area contributed by atoms with Crippen LogP contribution in [0.1, 0.15) is 22.9 Å². The zero-order valence-corrected chi connectivity index (χ0v) is 16.1. The molecule has 2 aromatic carbocycles. The van der Waals surface area contributed by atoms with E-state index in [1.807, 2.05) is 65.2 Å². The molecule has 3 atom stereocenters. The highest BCUT2D eigenvalue weighted by Gasteiger charge is 2.29. The molecular weight excluding hydrogens is 376 g/mol. The van der Waals surface area contributed by atoms with Crippen LogP contribution in [0.15, 0.2) is 66.9 Å². The van der Waals surface area contributed by atoms with Gasteiger partial charge in [-0.1, -0.05) is 60.7 Å². The van der Waals surface area contributed by atoms with Crippen molar-refractivity contribution in [1.29, 1.82) is 0 Å². The average Bonchev–Trinajstić information content (AvgIpc) is 3.03. The highest BCUT2D eigenvalue weighted by molar-refractivity contribution is 7.71. The molecule has 4 N–H and O–H groups in total. The molecule has 3 rings (SSSR count). The predicted molar refractivity (Wildman–Crippen MR) is 108 cm³/mol. The molecule has 3 unspecified atom stereocenters. The fraction of sp³-hybridized carbons (Fsp3) is 0.286. The van der Waals surface area contributed by atoms with Gasteiger partial charge in [-0.05, 0) is 23.3 Å². The van der Waals surface area contributed by atoms with Gasteiger partial charge in [-0.3, -0.25) is 0 Å². The van der Waals surface area contributed by atoms with Crippen molar-refractivity contribution in [2.45, 2.75) is 31.4 Å². The molecule has 0 amide bonds. The van der Waals surface area contributed by atoms with Crippen molar-refractivity contribution in [3.63, 3.8) is 0 Å². The Balaban J connectivity index is 2.00. The van der Waals surface area contributed by atoms with Crippen LogP contribution in [0, 0.1) is 4.77 Å². The number of rotatable bonds is 8. The summed E-state index contributed by atoms with van der Waals surface area (Å²) in [5.41, 5.74) is 2.42. The van der Waals surface area contributed by atoms with Crippen molar-refractivity contribution in [3.8, 4) is 0 Å². The highest BCUT2D eigenvalue weighted by Crippen LogP contribution is 2.23. The van der Waals surface area contributed by atoms with Gasteiger partial charge in [0.25, 0.3) is 0 Å². The van der Waals surface area contributed by atoms with Crippen LogP contribution in [0.2, 0.25) is 0 Å². The largest absolute Gasteiger partial charge is 0.394 e. The molecule has 0 aliphatic carbocycles. The number of hydrogen-bond donors (Lipinski definition) is 4. The molecular formula is C21H24N2O4S. The van der Waals surface area contributed by atoms with Crippen LogP contribution in [-0.4, -0.2) is 48.4 Å². The van der Waals surface area contributed by atoms with E-state index in [4.69, 9.17) is 17.3 Å². The molecule has 0 spiro atoms. The topological polar surface area (TPSA) is 90.8 Å². The summed E-state index contributed by atoms with van der Waals surface area (Å²) in [6.45, 7) is 0.276. The Bertz CT molecular complexity index is 940. The van der Waals surface area contributed by atoms with E-state index in [1.54, 1.807) is 10.8 Å². The molecule has 28 heavy (non-hydrogen) atoms. The zero-order valence-electron chi connectivity index (χ0n) is 15.3. The maximum Gasteiger partial charge on any atom is 0.180 e. The molecule has 1 heterocycles. The number of nitrogens with zero attached hydrogens (tertiary/aromatic N) is 2. The van der Waals surface area contributed by atoms with Gasteiger partial charge in [0.1, 0.15) is 18.3 Å². The molecule has 0 saturated carbocycles. The van der Waals surface area contributed by atoms with Crippen molar-refractivity contribution in [2.24, 2.45) is 0 Å². The quantitative estimate of drug-likeness (QED) is 0.434. The lowest BCUT2D eigenvalue weighted by Crippen LogP contribution is -2.35. The lowest BCUT2D eigenvalue weighted by Gasteiger charge is -2.22. The Morgan fingerprint density at radius 1 is 0.821 bits per heavy atom. The van der Waals surface area contributed by atoms with Crippen LogP contribution in [0.4, 0.5) is 0 Å². The van der Waals surface area contributed by atoms with E-state index in [0.29, 0.717) is 23.6 Å². The van der Waals surface area contributed by atoms with Crippen molar-refractivity contribution < 1.29 is 20.4 Å². The third-order valence-electron chi connectivity index (χ3n) is 4.66. The molecule has 0 radical (unpaired) electrons. The molecule has 6 nitrogen and oxygen atoms in total. The van der Waals surface area contributed by atoms with Gasteiger partial charge in [-0.25, -0.2) is 0 Å². The van der Waals surface area contributed by atoms with Crippen LogP contribution in [0.25, 0.3) is 0 Å². The molecule has 7 heteroatoms. The summed E-state index contributed by atoms with van der Waals surface area (Å²) < 4.78 is 4.06. The highest BCUT2D eigenvalue weighted by atomic mass is 32.1. The summed E-state index contributed by atoms with van der Waals surface area (Å²) in [5.74, 6) is 0. The molecule has 148 valence electrons. The van der Waals surface area contributed by atoms with E-state index in [0.717, 1.165) is 11.1 Å². The minimum absolute atomic E-state index is 0.379. The van der Waals surface area contributed by atoms with Crippen molar-refractivity contribution in [3.05, 3.63) is 88.5 Å². The van der Waals surface area contributed by atoms with Crippen LogP contribution < -0.4 is 0 Å². The predicted octanol–water partition coefficient (Wildman–Crippen LogP) is 1.86. The number of aromatic nitrogens is 2. The van der Waals surface area contributed by atoms with Gasteiger partial charge < -0.3 is 29.6 Å². The van der Waals surface area contributed by atoms with Crippen LogP contribution in [-0.2, 0) is 13.1 Å². The first-order chi connectivity index (χ1) is 13.5. The van der Waals surface area contributed by atoms with E-state index < -0.39 is 24.9 Å². The van der Waals surface area contributed by atoms with E-state index >= 15 is 0 Å². The van der Waals surface area contributed by atoms with Crippen molar-refractivity contribution >= 4 is 12.2 Å². The fourth-order valence-electron chi connectivity index (χ4n) is 3.10. The standard InChI is InChI=1S/C21H24N2O4S/c24-14-18(25)20(27)19(26)17-13-22(11-15-7-3-1-4-8-15)21(28)23(17)12-16-9-5-2-6-10-16/h1-10,13,18-20,24-27H,11-12,14H2. The summed E-state index contributed by atoms with van der Waals surface area (Å²) in [6.07, 6.45) is -2.69. The summed E-state index contributed by atoms with van der Waals surface area (Å²) >= 11 is 5.63. The molecule has 0 bridgehead atoms. The fourth-order valence-corrected chi connectivity index (χ4v) is 3.38. The maximum absolute atomic E-state index is 10.7. The number of aliphatic hydroxyl groups excluding tert-OH is 4. The van der Waals surface area contributed by atoms with Crippen LogP contribution in [0.3, 0.4) is 0 Å². The maximum atomic E-state index is 10.7. The number of imidazole rings is 1. The third-order valence-corrected chi connectivity index (χ3v) is 5.12. The Hall–Kier alpha value is -2.29. The summed E-state index contributed by atoms with van der Waals surface area (Å²) in [4.78, 5) is 0. The van der Waals surface area contributed by atoms with Gasteiger partial charge in [0.15, 0.2) is 4.77 Å². The summed E-state index contributed by atoms with van der Waals surface area (Å²) in [5, 5.41) is 39.7. The van der Waals surface area contributed by atoms with Gasteiger partial charge >= 0.3 is 0 Å². The first-order valence-electron chi connectivity index (χ1n) is 9.04. The van der Waals surface area contributed by atoms with E-state index in [9.17, 15) is 15.3 Å². The van der Waals surface area contributed by atoms with Crippen molar-refractivity contribution in [1.82, 2.24) is 9.13 Å². The van der Waals surface area contributed by atoms with Gasteiger partial charge in [0.05, 0.1) is 18.8 Å². The van der Waals surface area contributed by atoms with Gasteiger partial charge in [0, 0.05) is 12.7 Å². The number of hydrogen-bond acceptors (Lipinski definition) is 5. The average molecular weight is 401 g/mol. The van der Waals surface area contributed by atoms with E-state index in [1.165, 1.54) is 0 Å². The van der Waals surface area contributed by atoms with Gasteiger partial charge in [-0.15, -0.1) is 0 Å². The zero-order chi connectivity index (χ0) is 20.1. The van der Waals surface area contributed by atoms with Gasteiger partial charge in [-0.2, -0.15) is 0 Å². The molecule has 0 fully saturated rings. The second-order valence-corrected chi connectivity index (χ2v) is 7.07. The first-order valence-corrected chi connectivity index (χ1v) is 9.45. The lowest BCUT2D eigenvalue weighted by molar-refractivity contribution is -0.0798. The Morgan fingerprint density at radius 3 is 1.89 bits per heavy atom. The smallest absolute Gasteiger partial charge is 0.180 e. The molecule has 3 aromatic rings. The Kier molecular flexibility index (Phi) is 6.77. The Labute approximate surface area is 168 Å². The third kappa shape index (κ3) is 4.57. The van der Waals surface area contributed by atoms with Gasteiger partial charge in [0.2, 0.25) is 0 Å². The van der Waals surface area contributed by atoms with Crippen LogP contribution in [0.5, 0.6) is 0 Å². The summed E-state index contributed by atoms with van der Waals surface area (Å²) in [6, 6.07) is 19.4. The second kappa shape index (κ2) is 9.27. The minimum Gasteiger partial charge on any atom is -0.394 e. The first kappa shape index (κ1) is 20.4. The minimum atomic E-state index is -1.53. The SMILES string of the molecule is OCC(O)C(O)C(O)c1cn(Cc2ccccc2)c(=S)n1Cc1ccccc1. The second-order valence-electron chi connectivity index (χ2n) is 6.71. The normalized spacial score (nSPS) is 14.6. The Morgan fingerprint density at radius 2 is 1.36 bits per heavy atom. The summed E-state index contributed by atoms with van der Waals surface area (Å²) in [7, 11) is 0. The molecule has 1 aromatic heterocycles.